The summed E-state index contributed by atoms with van der Waals surface area (Å²) in [5.74, 6) is -0.0168. The van der Waals surface area contributed by atoms with Crippen LogP contribution in [0.4, 0.5) is 0 Å². The van der Waals surface area contributed by atoms with Gasteiger partial charge in [0.2, 0.25) is 5.91 Å². The zero-order valence-corrected chi connectivity index (χ0v) is 54.6. The fourth-order valence-corrected chi connectivity index (χ4v) is 11.9. The van der Waals surface area contributed by atoms with Gasteiger partial charge in [-0.2, -0.15) is 0 Å². The summed E-state index contributed by atoms with van der Waals surface area (Å²) in [5, 5.41) is 23.4. The van der Waals surface area contributed by atoms with Crippen LogP contribution in [0.2, 0.25) is 0 Å². The summed E-state index contributed by atoms with van der Waals surface area (Å²) < 4.78 is 5.49. The minimum atomic E-state index is -0.663. The van der Waals surface area contributed by atoms with Crippen molar-refractivity contribution in [3.8, 4) is 0 Å². The molecule has 0 aliphatic heterocycles. The van der Waals surface area contributed by atoms with E-state index in [0.717, 1.165) is 44.9 Å². The van der Waals surface area contributed by atoms with Gasteiger partial charge >= 0.3 is 5.97 Å². The van der Waals surface area contributed by atoms with E-state index in [-0.39, 0.29) is 18.5 Å². The summed E-state index contributed by atoms with van der Waals surface area (Å²) in [5.41, 5.74) is 0. The first kappa shape index (κ1) is 78.6. The Morgan fingerprint density at radius 2 is 0.588 bits per heavy atom. The van der Waals surface area contributed by atoms with Crippen molar-refractivity contribution in [1.29, 1.82) is 0 Å². The number of hydrogen-bond acceptors (Lipinski definition) is 5. The van der Waals surface area contributed by atoms with E-state index in [0.29, 0.717) is 25.9 Å². The van der Waals surface area contributed by atoms with E-state index in [4.69, 9.17) is 4.74 Å². The van der Waals surface area contributed by atoms with Crippen molar-refractivity contribution >= 4 is 11.9 Å². The van der Waals surface area contributed by atoms with E-state index in [1.165, 1.54) is 347 Å². The number of hydrogen-bond donors (Lipinski definition) is 3. The SMILES string of the molecule is CCCCCCCC/C=C\CCCCCCCC(=O)OCCCCCCCCCCCCCCCCCCCCCCCCCCCCC(=O)NC(CO)C(O)CCCCCCCCCCCCCCCCCCCCCCCC. The Hall–Kier alpha value is -1.40. The molecule has 0 aliphatic rings. The van der Waals surface area contributed by atoms with Gasteiger partial charge in [-0.3, -0.25) is 9.59 Å². The van der Waals surface area contributed by atoms with Gasteiger partial charge in [0, 0.05) is 12.8 Å². The number of rotatable bonds is 70. The number of amides is 1. The zero-order chi connectivity index (χ0) is 57.8. The molecule has 476 valence electrons. The van der Waals surface area contributed by atoms with Crippen LogP contribution >= 0.6 is 0 Å². The molecule has 0 spiro atoms. The van der Waals surface area contributed by atoms with E-state index < -0.39 is 12.1 Å². The minimum Gasteiger partial charge on any atom is -0.466 e. The molecule has 0 saturated carbocycles. The summed E-state index contributed by atoms with van der Waals surface area (Å²) in [6.45, 7) is 4.99. The summed E-state index contributed by atoms with van der Waals surface area (Å²) in [6, 6.07) is -0.540. The van der Waals surface area contributed by atoms with Crippen molar-refractivity contribution in [2.75, 3.05) is 13.2 Å². The number of nitrogens with one attached hydrogen (secondary N) is 1. The van der Waals surface area contributed by atoms with E-state index >= 15 is 0 Å². The molecule has 0 rings (SSSR count). The maximum atomic E-state index is 12.6. The Morgan fingerprint density at radius 1 is 0.338 bits per heavy atom. The summed E-state index contributed by atoms with van der Waals surface area (Å²) >= 11 is 0. The second-order valence-corrected chi connectivity index (χ2v) is 25.6. The van der Waals surface area contributed by atoms with E-state index in [2.05, 4.69) is 31.3 Å². The van der Waals surface area contributed by atoms with E-state index in [9.17, 15) is 19.8 Å². The van der Waals surface area contributed by atoms with Crippen LogP contribution in [0.25, 0.3) is 0 Å². The molecular weight excluding hydrogens is 983 g/mol. The molecule has 6 heteroatoms. The van der Waals surface area contributed by atoms with Gasteiger partial charge in [0.05, 0.1) is 25.4 Å². The van der Waals surface area contributed by atoms with Crippen molar-refractivity contribution in [1.82, 2.24) is 5.32 Å². The lowest BCUT2D eigenvalue weighted by Crippen LogP contribution is -2.45. The number of esters is 1. The highest BCUT2D eigenvalue weighted by atomic mass is 16.5. The molecule has 0 bridgehead atoms. The molecule has 80 heavy (non-hydrogen) atoms. The van der Waals surface area contributed by atoms with Crippen LogP contribution < -0.4 is 5.32 Å². The Labute approximate surface area is 501 Å². The second-order valence-electron chi connectivity index (χ2n) is 25.6. The fraction of sp³-hybridized carbons (Fsp3) is 0.946. The molecule has 2 atom stereocenters. The molecule has 0 aromatic heterocycles. The Morgan fingerprint density at radius 3 is 0.887 bits per heavy atom. The normalized spacial score (nSPS) is 12.5. The Bertz CT molecular complexity index is 1210. The number of aliphatic hydroxyl groups is 2. The lowest BCUT2D eigenvalue weighted by atomic mass is 10.0. The average Bonchev–Trinajstić information content (AvgIpc) is 3.46. The quantitative estimate of drug-likeness (QED) is 0.0320. The number of ether oxygens (including phenoxy) is 1. The molecule has 0 heterocycles. The van der Waals surface area contributed by atoms with Gasteiger partial charge < -0.3 is 20.3 Å². The molecule has 1 amide bonds. The first-order valence-electron chi connectivity index (χ1n) is 36.9. The lowest BCUT2D eigenvalue weighted by molar-refractivity contribution is -0.143. The molecule has 0 radical (unpaired) electrons. The van der Waals surface area contributed by atoms with Crippen LogP contribution in [0.5, 0.6) is 0 Å². The van der Waals surface area contributed by atoms with Crippen LogP contribution in [-0.4, -0.2) is 47.4 Å². The molecule has 0 fully saturated rings. The van der Waals surface area contributed by atoms with Crippen LogP contribution in [-0.2, 0) is 14.3 Å². The molecule has 0 aromatic carbocycles. The lowest BCUT2D eigenvalue weighted by Gasteiger charge is -2.22. The maximum absolute atomic E-state index is 12.6. The van der Waals surface area contributed by atoms with E-state index in [1.54, 1.807) is 0 Å². The van der Waals surface area contributed by atoms with Crippen LogP contribution in [0.3, 0.4) is 0 Å². The molecular formula is C74H145NO5. The predicted molar refractivity (Wildman–Crippen MR) is 352 cm³/mol. The molecule has 0 aliphatic carbocycles. The largest absolute Gasteiger partial charge is 0.466 e. The molecule has 0 saturated heterocycles. The van der Waals surface area contributed by atoms with Crippen molar-refractivity contribution in [3.63, 3.8) is 0 Å². The zero-order valence-electron chi connectivity index (χ0n) is 54.6. The Kier molecular flexibility index (Phi) is 68.9. The number of allylic oxidation sites excluding steroid dienone is 2. The standard InChI is InChI=1S/C74H145NO5/c1-3-5-7-9-11-13-15-17-19-20-21-22-29-32-35-39-42-46-50-54-58-62-66-72(77)71(70-76)75-73(78)67-63-59-55-51-47-43-40-36-33-30-27-25-23-24-26-28-31-34-37-41-45-49-53-57-61-65-69-80-74(79)68-64-60-56-52-48-44-38-18-16-14-12-10-8-6-4-2/h18,38,71-72,76-77H,3-17,19-37,39-70H2,1-2H3,(H,75,78)/b38-18-. The van der Waals surface area contributed by atoms with Crippen molar-refractivity contribution < 1.29 is 24.5 Å². The van der Waals surface area contributed by atoms with Gasteiger partial charge in [0.1, 0.15) is 0 Å². The van der Waals surface area contributed by atoms with E-state index in [1.807, 2.05) is 0 Å². The third kappa shape index (κ3) is 65.7. The smallest absolute Gasteiger partial charge is 0.305 e. The predicted octanol–water partition coefficient (Wildman–Crippen LogP) is 23.9. The van der Waals surface area contributed by atoms with Gasteiger partial charge in [-0.25, -0.2) is 0 Å². The maximum Gasteiger partial charge on any atom is 0.305 e. The van der Waals surface area contributed by atoms with Crippen LogP contribution in [0, 0.1) is 0 Å². The van der Waals surface area contributed by atoms with Crippen LogP contribution in [0.1, 0.15) is 425 Å². The fourth-order valence-electron chi connectivity index (χ4n) is 11.9. The third-order valence-electron chi connectivity index (χ3n) is 17.6. The monoisotopic (exact) mass is 1130 g/mol. The molecule has 0 aromatic rings. The number of aliphatic hydroxyl groups excluding tert-OH is 2. The van der Waals surface area contributed by atoms with Crippen molar-refractivity contribution in [2.24, 2.45) is 0 Å². The van der Waals surface area contributed by atoms with Gasteiger partial charge in [0.25, 0.3) is 0 Å². The first-order valence-corrected chi connectivity index (χ1v) is 36.9. The summed E-state index contributed by atoms with van der Waals surface area (Å²) in [4.78, 5) is 24.6. The van der Waals surface area contributed by atoms with Crippen molar-refractivity contribution in [2.45, 2.75) is 437 Å². The summed E-state index contributed by atoms with van der Waals surface area (Å²) in [7, 11) is 0. The highest BCUT2D eigenvalue weighted by Gasteiger charge is 2.20. The highest BCUT2D eigenvalue weighted by Crippen LogP contribution is 2.20. The first-order chi connectivity index (χ1) is 39.5. The topological polar surface area (TPSA) is 95.9 Å². The van der Waals surface area contributed by atoms with Gasteiger partial charge in [-0.1, -0.05) is 373 Å². The number of carbonyl (C=O) groups is 2. The minimum absolute atomic E-state index is 0.0106. The molecule has 2 unspecified atom stereocenters. The number of carbonyl (C=O) groups excluding carboxylic acids is 2. The molecule has 3 N–H and O–H groups in total. The summed E-state index contributed by atoms with van der Waals surface area (Å²) in [6.07, 6.45) is 87.0. The van der Waals surface area contributed by atoms with Crippen LogP contribution in [0.15, 0.2) is 12.2 Å². The number of unbranched alkanes of at least 4 members (excludes halogenated alkanes) is 57. The van der Waals surface area contributed by atoms with Crippen molar-refractivity contribution in [3.05, 3.63) is 12.2 Å². The molecule has 6 nitrogen and oxygen atoms in total. The second kappa shape index (κ2) is 70.1. The third-order valence-corrected chi connectivity index (χ3v) is 17.6. The van der Waals surface area contributed by atoms with Gasteiger partial charge in [0.15, 0.2) is 0 Å². The van der Waals surface area contributed by atoms with Gasteiger partial charge in [-0.15, -0.1) is 0 Å². The van der Waals surface area contributed by atoms with Gasteiger partial charge in [-0.05, 0) is 51.4 Å². The average molecular weight is 1130 g/mol. The Balaban J connectivity index is 3.35. The highest BCUT2D eigenvalue weighted by molar-refractivity contribution is 5.76.